The smallest absolute Gasteiger partial charge is 0.169 e. The zero-order valence-corrected chi connectivity index (χ0v) is 11.6. The summed E-state index contributed by atoms with van der Waals surface area (Å²) in [5, 5.41) is 3.28. The molecular weight excluding hydrogens is 284 g/mol. The highest BCUT2D eigenvalue weighted by atomic mass is 79.9. The van der Waals surface area contributed by atoms with Gasteiger partial charge in [-0.3, -0.25) is 0 Å². The summed E-state index contributed by atoms with van der Waals surface area (Å²) < 4.78 is 11.6. The maximum atomic E-state index is 5.68. The molecule has 1 atom stereocenters. The molecule has 0 bridgehead atoms. The monoisotopic (exact) mass is 302 g/mol. The van der Waals surface area contributed by atoms with Crippen molar-refractivity contribution in [3.8, 4) is 0 Å². The number of halogens is 1. The van der Waals surface area contributed by atoms with Gasteiger partial charge in [0.1, 0.15) is 5.76 Å². The first-order chi connectivity index (χ1) is 8.13. The Hall–Kier alpha value is -0.620. The van der Waals surface area contributed by atoms with E-state index in [1.165, 1.54) is 0 Å². The van der Waals surface area contributed by atoms with Crippen molar-refractivity contribution in [2.24, 2.45) is 5.73 Å². The molecule has 1 aromatic rings. The van der Waals surface area contributed by atoms with Crippen LogP contribution in [0.5, 0.6) is 0 Å². The van der Waals surface area contributed by atoms with E-state index in [1.54, 1.807) is 0 Å². The largest absolute Gasteiger partial charge is 0.453 e. The summed E-state index contributed by atoms with van der Waals surface area (Å²) in [5.41, 5.74) is 6.71. The van der Waals surface area contributed by atoms with Crippen molar-refractivity contribution < 1.29 is 9.15 Å². The van der Waals surface area contributed by atoms with E-state index >= 15 is 0 Å². The van der Waals surface area contributed by atoms with Crippen LogP contribution in [0.2, 0.25) is 0 Å². The van der Waals surface area contributed by atoms with Gasteiger partial charge in [0, 0.05) is 13.1 Å². The quantitative estimate of drug-likeness (QED) is 0.571. The first-order valence-corrected chi connectivity index (χ1v) is 6.33. The highest BCUT2D eigenvalue weighted by Gasteiger charge is 2.12. The Bertz CT molecular complexity index is 352. The molecule has 3 N–H and O–H groups in total. The van der Waals surface area contributed by atoms with Crippen molar-refractivity contribution in [1.29, 1.82) is 0 Å². The van der Waals surface area contributed by atoms with E-state index in [0.29, 0.717) is 24.4 Å². The van der Waals surface area contributed by atoms with Crippen LogP contribution in [0.4, 0.5) is 0 Å². The number of hydrogen-bond acceptors (Lipinski definition) is 4. The van der Waals surface area contributed by atoms with Crippen molar-refractivity contribution >= 4 is 15.9 Å². The highest BCUT2D eigenvalue weighted by Crippen LogP contribution is 2.19. The van der Waals surface area contributed by atoms with Gasteiger partial charge in [-0.2, -0.15) is 0 Å². The minimum atomic E-state index is 0.0229. The molecular formula is C12H19BrN2O2. The molecule has 1 aromatic heterocycles. The lowest BCUT2D eigenvalue weighted by molar-refractivity contribution is 0.154. The average Bonchev–Trinajstić information content (AvgIpc) is 2.70. The van der Waals surface area contributed by atoms with E-state index in [4.69, 9.17) is 14.9 Å². The molecule has 1 heterocycles. The predicted molar refractivity (Wildman–Crippen MR) is 71.8 cm³/mol. The van der Waals surface area contributed by atoms with Gasteiger partial charge in [0.05, 0.1) is 19.3 Å². The van der Waals surface area contributed by atoms with E-state index in [2.05, 4.69) is 27.8 Å². The maximum Gasteiger partial charge on any atom is 0.169 e. The van der Waals surface area contributed by atoms with Gasteiger partial charge in [-0.1, -0.05) is 12.2 Å². The molecule has 0 aliphatic rings. The number of rotatable bonds is 8. The number of nitrogens with one attached hydrogen (secondary N) is 1. The summed E-state index contributed by atoms with van der Waals surface area (Å²) in [6.07, 6.45) is 0. The van der Waals surface area contributed by atoms with Gasteiger partial charge in [0.25, 0.3) is 0 Å². The summed E-state index contributed by atoms with van der Waals surface area (Å²) in [4.78, 5) is 0. The molecule has 1 rings (SSSR count). The Labute approximate surface area is 110 Å². The molecule has 0 spiro atoms. The highest BCUT2D eigenvalue weighted by molar-refractivity contribution is 9.10. The van der Waals surface area contributed by atoms with Gasteiger partial charge in [-0.15, -0.1) is 0 Å². The van der Waals surface area contributed by atoms with Crippen molar-refractivity contribution in [2.45, 2.75) is 13.0 Å². The van der Waals surface area contributed by atoms with Gasteiger partial charge in [-0.05, 0) is 35.0 Å². The average molecular weight is 303 g/mol. The van der Waals surface area contributed by atoms with E-state index in [-0.39, 0.29) is 6.04 Å². The first kappa shape index (κ1) is 14.4. The molecule has 0 saturated heterocycles. The Morgan fingerprint density at radius 2 is 2.41 bits per heavy atom. The fraction of sp³-hybridized carbons (Fsp3) is 0.500. The summed E-state index contributed by atoms with van der Waals surface area (Å²) in [5.74, 6) is 0.833. The summed E-state index contributed by atoms with van der Waals surface area (Å²) >= 11 is 3.27. The van der Waals surface area contributed by atoms with Crippen LogP contribution >= 0.6 is 15.9 Å². The standard InChI is InChI=1S/C12H19BrN2O2/c1-9(2)8-16-6-5-15-10(7-14)11-3-4-12(13)17-11/h3-4,10,15H,1,5-8,14H2,2H3. The molecule has 4 nitrogen and oxygen atoms in total. The van der Waals surface area contributed by atoms with Crippen LogP contribution in [0, 0.1) is 0 Å². The summed E-state index contributed by atoms with van der Waals surface area (Å²) in [6.45, 7) is 8.15. The molecule has 0 amide bonds. The minimum absolute atomic E-state index is 0.0229. The van der Waals surface area contributed by atoms with E-state index in [1.807, 2.05) is 19.1 Å². The second-order valence-electron chi connectivity index (χ2n) is 3.89. The molecule has 0 aliphatic carbocycles. The van der Waals surface area contributed by atoms with Crippen LogP contribution in [0.3, 0.4) is 0 Å². The Kier molecular flexibility index (Phi) is 6.50. The zero-order valence-electron chi connectivity index (χ0n) is 10.0. The Balaban J connectivity index is 2.26. The lowest BCUT2D eigenvalue weighted by Gasteiger charge is -2.14. The van der Waals surface area contributed by atoms with Gasteiger partial charge >= 0.3 is 0 Å². The molecule has 0 fully saturated rings. The van der Waals surface area contributed by atoms with Crippen LogP contribution < -0.4 is 11.1 Å². The first-order valence-electron chi connectivity index (χ1n) is 5.54. The molecule has 17 heavy (non-hydrogen) atoms. The van der Waals surface area contributed by atoms with Crippen LogP contribution in [0.1, 0.15) is 18.7 Å². The number of hydrogen-bond donors (Lipinski definition) is 2. The lowest BCUT2D eigenvalue weighted by atomic mass is 10.2. The maximum absolute atomic E-state index is 5.68. The molecule has 0 saturated carbocycles. The third-order valence-corrected chi connectivity index (χ3v) is 2.58. The van der Waals surface area contributed by atoms with Crippen LogP contribution in [-0.2, 0) is 4.74 Å². The predicted octanol–water partition coefficient (Wildman–Crippen LogP) is 2.22. The molecule has 0 aliphatic heterocycles. The number of nitrogens with two attached hydrogens (primary N) is 1. The Morgan fingerprint density at radius 1 is 1.65 bits per heavy atom. The van der Waals surface area contributed by atoms with Crippen LogP contribution in [0.15, 0.2) is 33.4 Å². The normalized spacial score (nSPS) is 12.6. The number of ether oxygens (including phenoxy) is 1. The van der Waals surface area contributed by atoms with E-state index in [0.717, 1.165) is 17.9 Å². The lowest BCUT2D eigenvalue weighted by Crippen LogP contribution is -2.30. The van der Waals surface area contributed by atoms with Gasteiger partial charge in [0.15, 0.2) is 4.67 Å². The zero-order chi connectivity index (χ0) is 12.7. The topological polar surface area (TPSA) is 60.4 Å². The molecule has 1 unspecified atom stereocenters. The number of furan rings is 1. The van der Waals surface area contributed by atoms with Crippen molar-refractivity contribution in [3.63, 3.8) is 0 Å². The summed E-state index contributed by atoms with van der Waals surface area (Å²) in [7, 11) is 0. The van der Waals surface area contributed by atoms with Crippen LogP contribution in [0.25, 0.3) is 0 Å². The second kappa shape index (κ2) is 7.66. The molecule has 0 radical (unpaired) electrons. The van der Waals surface area contributed by atoms with Gasteiger partial charge in [-0.25, -0.2) is 0 Å². The van der Waals surface area contributed by atoms with Crippen LogP contribution in [-0.4, -0.2) is 26.3 Å². The summed E-state index contributed by atoms with van der Waals surface area (Å²) in [6, 6.07) is 3.79. The SMILES string of the molecule is C=C(C)COCCNC(CN)c1ccc(Br)o1. The fourth-order valence-corrected chi connectivity index (χ4v) is 1.69. The van der Waals surface area contributed by atoms with E-state index < -0.39 is 0 Å². The minimum Gasteiger partial charge on any atom is -0.453 e. The van der Waals surface area contributed by atoms with E-state index in [9.17, 15) is 0 Å². The fourth-order valence-electron chi connectivity index (χ4n) is 1.37. The van der Waals surface area contributed by atoms with Crippen molar-refractivity contribution in [3.05, 3.63) is 34.7 Å². The molecule has 96 valence electrons. The second-order valence-corrected chi connectivity index (χ2v) is 4.68. The van der Waals surface area contributed by atoms with Crippen molar-refractivity contribution in [1.82, 2.24) is 5.32 Å². The molecule has 0 aromatic carbocycles. The molecule has 5 heteroatoms. The third-order valence-electron chi connectivity index (χ3n) is 2.16. The Morgan fingerprint density at radius 3 is 2.94 bits per heavy atom. The third kappa shape index (κ3) is 5.50. The van der Waals surface area contributed by atoms with Gasteiger partial charge in [0.2, 0.25) is 0 Å². The van der Waals surface area contributed by atoms with Gasteiger partial charge < -0.3 is 20.2 Å². The van der Waals surface area contributed by atoms with Crippen molar-refractivity contribution in [2.75, 3.05) is 26.3 Å².